The summed E-state index contributed by atoms with van der Waals surface area (Å²) >= 11 is 0. The smallest absolute Gasteiger partial charge is 0.165 e. The van der Waals surface area contributed by atoms with Crippen LogP contribution in [0.3, 0.4) is 0 Å². The summed E-state index contributed by atoms with van der Waals surface area (Å²) in [6, 6.07) is 4.95. The van der Waals surface area contributed by atoms with Gasteiger partial charge in [-0.2, -0.15) is 0 Å². The Morgan fingerprint density at radius 1 is 1.29 bits per heavy atom. The third kappa shape index (κ3) is 1.20. The van der Waals surface area contributed by atoms with Gasteiger partial charge in [-0.05, 0) is 37.4 Å². The summed E-state index contributed by atoms with van der Waals surface area (Å²) in [4.78, 5) is 2.58. The molecule has 2 spiro atoms. The Morgan fingerprint density at radius 3 is 2.96 bits per heavy atom. The lowest BCUT2D eigenvalue weighted by Crippen LogP contribution is -2.67. The van der Waals surface area contributed by atoms with E-state index in [1.165, 1.54) is 17.5 Å². The molecule has 2 heterocycles. The van der Waals surface area contributed by atoms with Crippen molar-refractivity contribution >= 4 is 0 Å². The summed E-state index contributed by atoms with van der Waals surface area (Å²) in [7, 11) is 5.84. The number of likely N-dealkylation sites (N-methyl/N-ethyl adjacent to an activating group) is 1. The molecule has 0 aromatic heterocycles. The zero-order chi connectivity index (χ0) is 16.3. The first kappa shape index (κ1) is 13.7. The summed E-state index contributed by atoms with van der Waals surface area (Å²) in [6.45, 7) is 1.16. The van der Waals surface area contributed by atoms with Gasteiger partial charge in [0.15, 0.2) is 11.5 Å². The van der Waals surface area contributed by atoms with Crippen molar-refractivity contribution in [2.75, 3.05) is 27.8 Å². The highest BCUT2D eigenvalue weighted by atomic mass is 16.6. The van der Waals surface area contributed by atoms with Crippen LogP contribution in [0.1, 0.15) is 17.5 Å². The highest BCUT2D eigenvalue weighted by Gasteiger charge is 2.78. The van der Waals surface area contributed by atoms with E-state index in [2.05, 4.69) is 36.2 Å². The highest BCUT2D eigenvalue weighted by Crippen LogP contribution is 2.75. The van der Waals surface area contributed by atoms with Crippen LogP contribution in [0, 0.1) is 11.3 Å². The first-order valence-electron chi connectivity index (χ1n) is 8.94. The van der Waals surface area contributed by atoms with Crippen molar-refractivity contribution in [1.82, 2.24) is 4.90 Å². The number of nitrogens with zero attached hydrogens (tertiary/aromatic N) is 1. The predicted molar refractivity (Wildman–Crippen MR) is 89.7 cm³/mol. The van der Waals surface area contributed by atoms with E-state index < -0.39 is 0 Å². The molecular formula is C20H23NO3. The zero-order valence-corrected chi connectivity index (χ0v) is 14.4. The maximum Gasteiger partial charge on any atom is 0.165 e. The van der Waals surface area contributed by atoms with Crippen molar-refractivity contribution in [2.45, 2.75) is 36.5 Å². The van der Waals surface area contributed by atoms with Crippen LogP contribution in [0.2, 0.25) is 0 Å². The number of hydrogen-bond donors (Lipinski definition) is 0. The van der Waals surface area contributed by atoms with Gasteiger partial charge in [0.2, 0.25) is 0 Å². The van der Waals surface area contributed by atoms with Crippen LogP contribution in [-0.2, 0) is 16.6 Å². The van der Waals surface area contributed by atoms with Crippen molar-refractivity contribution in [3.05, 3.63) is 35.4 Å². The van der Waals surface area contributed by atoms with E-state index in [-0.39, 0.29) is 17.6 Å². The molecule has 7 rings (SSSR count). The Kier molecular flexibility index (Phi) is 2.29. The van der Waals surface area contributed by atoms with Crippen molar-refractivity contribution < 1.29 is 14.2 Å². The molecule has 0 N–H and O–H groups in total. The van der Waals surface area contributed by atoms with Crippen molar-refractivity contribution in [3.63, 3.8) is 0 Å². The molecule has 1 aromatic carbocycles. The number of benzene rings is 1. The molecule has 1 saturated carbocycles. The van der Waals surface area contributed by atoms with Crippen LogP contribution in [0.25, 0.3) is 0 Å². The molecule has 4 nitrogen and oxygen atoms in total. The first-order valence-corrected chi connectivity index (χ1v) is 8.94. The molecule has 2 aliphatic heterocycles. The lowest BCUT2D eigenvalue weighted by atomic mass is 9.40. The van der Waals surface area contributed by atoms with Gasteiger partial charge in [0.25, 0.3) is 0 Å². The monoisotopic (exact) mass is 325 g/mol. The average Bonchev–Trinajstić information content (AvgIpc) is 2.94. The Morgan fingerprint density at radius 2 is 2.17 bits per heavy atom. The van der Waals surface area contributed by atoms with Crippen molar-refractivity contribution in [3.8, 4) is 11.5 Å². The number of ether oxygens (including phenoxy) is 3. The predicted octanol–water partition coefficient (Wildman–Crippen LogP) is 2.16. The van der Waals surface area contributed by atoms with Gasteiger partial charge in [0.1, 0.15) is 12.2 Å². The van der Waals surface area contributed by atoms with Gasteiger partial charge in [-0.15, -0.1) is 0 Å². The number of methoxy groups -OCH3 is 2. The van der Waals surface area contributed by atoms with E-state index in [1.807, 2.05) is 0 Å². The third-order valence-corrected chi connectivity index (χ3v) is 7.55. The molecular weight excluding hydrogens is 302 g/mol. The van der Waals surface area contributed by atoms with Gasteiger partial charge < -0.3 is 19.1 Å². The SMILES string of the molecule is COc1ccc2c3c1O[C@H]1[C@@H](OC)C=CC45CN(C)C(C2)C4C31C5. The van der Waals surface area contributed by atoms with Crippen molar-refractivity contribution in [1.29, 1.82) is 0 Å². The number of likely N-dealkylation sites (tertiary alicyclic amines) is 1. The third-order valence-electron chi connectivity index (χ3n) is 7.55. The van der Waals surface area contributed by atoms with E-state index in [0.717, 1.165) is 24.5 Å². The molecule has 24 heavy (non-hydrogen) atoms. The summed E-state index contributed by atoms with van der Waals surface area (Å²) in [6.07, 6.45) is 7.12. The second-order valence-electron chi connectivity index (χ2n) is 8.34. The molecule has 6 aliphatic rings. The Bertz CT molecular complexity index is 789. The molecule has 126 valence electrons. The lowest BCUT2D eigenvalue weighted by molar-refractivity contribution is -0.0948. The molecule has 1 aromatic rings. The molecule has 2 bridgehead atoms. The second-order valence-corrected chi connectivity index (χ2v) is 8.34. The van der Waals surface area contributed by atoms with Crippen LogP contribution in [0.5, 0.6) is 11.5 Å². The fourth-order valence-corrected chi connectivity index (χ4v) is 6.99. The summed E-state index contributed by atoms with van der Waals surface area (Å²) in [5.74, 6) is 2.49. The minimum Gasteiger partial charge on any atom is -0.493 e. The fourth-order valence-electron chi connectivity index (χ4n) is 6.99. The van der Waals surface area contributed by atoms with Crippen LogP contribution in [-0.4, -0.2) is 51.0 Å². The molecule has 2 fully saturated rings. The Hall–Kier alpha value is -1.52. The van der Waals surface area contributed by atoms with Gasteiger partial charge in [0, 0.05) is 36.1 Å². The van der Waals surface area contributed by atoms with Gasteiger partial charge in [-0.3, -0.25) is 0 Å². The topological polar surface area (TPSA) is 30.9 Å². The van der Waals surface area contributed by atoms with E-state index in [0.29, 0.717) is 17.4 Å². The van der Waals surface area contributed by atoms with Crippen molar-refractivity contribution in [2.24, 2.45) is 11.3 Å². The van der Waals surface area contributed by atoms with Gasteiger partial charge in [-0.25, -0.2) is 0 Å². The van der Waals surface area contributed by atoms with Gasteiger partial charge >= 0.3 is 0 Å². The minimum atomic E-state index is 0.0176. The molecule has 6 atom stereocenters. The van der Waals surface area contributed by atoms with Crippen LogP contribution < -0.4 is 9.47 Å². The number of hydrogen-bond acceptors (Lipinski definition) is 4. The molecule has 4 aliphatic carbocycles. The molecule has 0 amide bonds. The van der Waals surface area contributed by atoms with Gasteiger partial charge in [-0.1, -0.05) is 18.2 Å². The quantitative estimate of drug-likeness (QED) is 0.780. The van der Waals surface area contributed by atoms with E-state index >= 15 is 0 Å². The molecule has 4 heteroatoms. The second kappa shape index (κ2) is 4.00. The molecule has 4 unspecified atom stereocenters. The number of rotatable bonds is 2. The Labute approximate surface area is 142 Å². The maximum absolute atomic E-state index is 6.59. The standard InChI is InChI=1S/C20H23NO3/c1-21-10-19-7-6-14(23-3)18-20(9-19)15-11(8-12(21)17(19)20)4-5-13(22-2)16(15)24-18/h4-7,12,14,17-18H,8-10H2,1-3H3/t12?,14-,17?,18-,19?,20?/m0/s1. The van der Waals surface area contributed by atoms with Gasteiger partial charge in [0.05, 0.1) is 7.11 Å². The van der Waals surface area contributed by atoms with E-state index in [4.69, 9.17) is 14.2 Å². The Balaban J connectivity index is 1.66. The normalized spacial score (nSPS) is 46.1. The van der Waals surface area contributed by atoms with Crippen LogP contribution in [0.15, 0.2) is 24.3 Å². The van der Waals surface area contributed by atoms with E-state index in [9.17, 15) is 0 Å². The zero-order valence-electron chi connectivity index (χ0n) is 14.4. The molecule has 0 radical (unpaired) electrons. The maximum atomic E-state index is 6.59. The average molecular weight is 325 g/mol. The fraction of sp³-hybridized carbons (Fsp3) is 0.600. The largest absolute Gasteiger partial charge is 0.493 e. The summed E-state index contributed by atoms with van der Waals surface area (Å²) in [5, 5.41) is 0. The summed E-state index contributed by atoms with van der Waals surface area (Å²) in [5.41, 5.74) is 3.28. The molecule has 1 saturated heterocycles. The summed E-state index contributed by atoms with van der Waals surface area (Å²) < 4.78 is 18.1. The van der Waals surface area contributed by atoms with Crippen LogP contribution in [0.4, 0.5) is 0 Å². The highest BCUT2D eigenvalue weighted by molar-refractivity contribution is 5.64. The lowest BCUT2D eigenvalue weighted by Gasteiger charge is -2.61. The minimum absolute atomic E-state index is 0.0176. The first-order chi connectivity index (χ1) is 11.6. The number of fused-ring (bicyclic) bond motifs is 1. The van der Waals surface area contributed by atoms with Crippen LogP contribution >= 0.6 is 0 Å². The van der Waals surface area contributed by atoms with E-state index in [1.54, 1.807) is 14.2 Å².